The molecule has 0 unspecified atom stereocenters. The fraction of sp³-hybridized carbons (Fsp3) is 0.591. The minimum atomic E-state index is -4.47. The van der Waals surface area contributed by atoms with E-state index in [1.165, 1.54) is 4.68 Å². The molecule has 0 atom stereocenters. The predicted octanol–water partition coefficient (Wildman–Crippen LogP) is 5.13. The van der Waals surface area contributed by atoms with Crippen molar-refractivity contribution in [3.63, 3.8) is 0 Å². The van der Waals surface area contributed by atoms with Crippen molar-refractivity contribution >= 4 is 38.9 Å². The molecular formula is C22H30Cl2F2N4O2S. The maximum Gasteiger partial charge on any atom is 0.267 e. The number of nitrogens with zero attached hydrogens (tertiary/aromatic N) is 3. The SMILES string of the molecule is Cc1nn(C)c(C)c1N(CC(F)F)S(=O)(=O)c1c(Cl)cc(CCCC2CCNCC2)cc1Cl. The van der Waals surface area contributed by atoms with Crippen molar-refractivity contribution in [3.05, 3.63) is 39.1 Å². The fourth-order valence-electron chi connectivity index (χ4n) is 4.44. The normalized spacial score (nSPS) is 15.4. The highest BCUT2D eigenvalue weighted by Crippen LogP contribution is 2.37. The molecule has 0 saturated carbocycles. The molecule has 0 radical (unpaired) electrons. The van der Waals surface area contributed by atoms with Crippen LogP contribution in [0.15, 0.2) is 17.0 Å². The third kappa shape index (κ3) is 5.99. The summed E-state index contributed by atoms with van der Waals surface area (Å²) in [6.07, 6.45) is 2.15. The van der Waals surface area contributed by atoms with Crippen LogP contribution in [0.3, 0.4) is 0 Å². The van der Waals surface area contributed by atoms with Crippen molar-refractivity contribution < 1.29 is 17.2 Å². The van der Waals surface area contributed by atoms with E-state index in [9.17, 15) is 17.2 Å². The molecule has 1 fully saturated rings. The maximum absolute atomic E-state index is 13.5. The summed E-state index contributed by atoms with van der Waals surface area (Å²) in [6, 6.07) is 3.15. The third-order valence-corrected chi connectivity index (χ3v) is 8.85. The lowest BCUT2D eigenvalue weighted by Gasteiger charge is -2.26. The van der Waals surface area contributed by atoms with Gasteiger partial charge in [0.2, 0.25) is 0 Å². The number of alkyl halides is 2. The van der Waals surface area contributed by atoms with Crippen molar-refractivity contribution in [1.82, 2.24) is 15.1 Å². The van der Waals surface area contributed by atoms with Crippen molar-refractivity contribution in [2.24, 2.45) is 13.0 Å². The number of benzene rings is 1. The van der Waals surface area contributed by atoms with Crippen molar-refractivity contribution in [2.75, 3.05) is 23.9 Å². The van der Waals surface area contributed by atoms with Crippen LogP contribution in [0.4, 0.5) is 14.5 Å². The van der Waals surface area contributed by atoms with E-state index in [-0.39, 0.29) is 20.6 Å². The summed E-state index contributed by atoms with van der Waals surface area (Å²) in [4.78, 5) is -0.365. The van der Waals surface area contributed by atoms with E-state index >= 15 is 0 Å². The number of sulfonamides is 1. The number of anilines is 1. The number of aromatic nitrogens is 2. The van der Waals surface area contributed by atoms with Crippen molar-refractivity contribution in [3.8, 4) is 0 Å². The van der Waals surface area contributed by atoms with E-state index in [4.69, 9.17) is 23.2 Å². The summed E-state index contributed by atoms with van der Waals surface area (Å²) in [5.41, 5.74) is 1.70. The molecule has 1 aliphatic heterocycles. The highest BCUT2D eigenvalue weighted by atomic mass is 35.5. The number of aryl methyl sites for hydroxylation is 3. The molecule has 1 saturated heterocycles. The minimum absolute atomic E-state index is 0.0715. The highest BCUT2D eigenvalue weighted by molar-refractivity contribution is 7.93. The lowest BCUT2D eigenvalue weighted by Crippen LogP contribution is -2.36. The van der Waals surface area contributed by atoms with E-state index in [0.717, 1.165) is 44.3 Å². The molecule has 184 valence electrons. The first kappa shape index (κ1) is 26.2. The van der Waals surface area contributed by atoms with Gasteiger partial charge >= 0.3 is 0 Å². The van der Waals surface area contributed by atoms with E-state index in [1.54, 1.807) is 33.0 Å². The lowest BCUT2D eigenvalue weighted by molar-refractivity contribution is 0.159. The fourth-order valence-corrected chi connectivity index (χ4v) is 7.20. The van der Waals surface area contributed by atoms with Gasteiger partial charge in [-0.1, -0.05) is 29.6 Å². The Kier molecular flexibility index (Phi) is 8.64. The molecule has 33 heavy (non-hydrogen) atoms. The van der Waals surface area contributed by atoms with Gasteiger partial charge in [-0.2, -0.15) is 5.10 Å². The van der Waals surface area contributed by atoms with Gasteiger partial charge in [-0.05, 0) is 76.2 Å². The first-order chi connectivity index (χ1) is 15.5. The van der Waals surface area contributed by atoms with Crippen molar-refractivity contribution in [2.45, 2.75) is 57.3 Å². The van der Waals surface area contributed by atoms with Gasteiger partial charge in [-0.25, -0.2) is 17.2 Å². The van der Waals surface area contributed by atoms with Crippen LogP contribution in [0.5, 0.6) is 0 Å². The smallest absolute Gasteiger partial charge is 0.267 e. The molecule has 2 heterocycles. The second-order valence-electron chi connectivity index (χ2n) is 8.54. The van der Waals surface area contributed by atoms with Crippen molar-refractivity contribution in [1.29, 1.82) is 0 Å². The second-order valence-corrected chi connectivity index (χ2v) is 11.2. The van der Waals surface area contributed by atoms with Crippen LogP contribution >= 0.6 is 23.2 Å². The van der Waals surface area contributed by atoms with Gasteiger partial charge < -0.3 is 5.32 Å². The molecule has 1 aromatic carbocycles. The number of hydrogen-bond donors (Lipinski definition) is 1. The van der Waals surface area contributed by atoms with E-state index < -0.39 is 23.0 Å². The monoisotopic (exact) mass is 522 g/mol. The first-order valence-corrected chi connectivity index (χ1v) is 13.2. The Labute approximate surface area is 204 Å². The van der Waals surface area contributed by atoms with E-state index in [1.807, 2.05) is 0 Å². The standard InChI is InChI=1S/C22H30Cl2F2N4O2S/c1-14-21(15(2)29(3)28-14)30(13-20(25)26)33(31,32)22-18(23)11-17(12-19(22)24)6-4-5-16-7-9-27-10-8-16/h11-12,16,20,27H,4-10,13H2,1-3H3. The van der Waals surface area contributed by atoms with Gasteiger partial charge in [0, 0.05) is 7.05 Å². The molecule has 1 aromatic heterocycles. The number of hydrogen-bond acceptors (Lipinski definition) is 4. The quantitative estimate of drug-likeness (QED) is 0.495. The van der Waals surface area contributed by atoms with Crippen LogP contribution in [0.2, 0.25) is 10.0 Å². The van der Waals surface area contributed by atoms with Gasteiger partial charge in [-0.15, -0.1) is 0 Å². The average Bonchev–Trinajstić information content (AvgIpc) is 2.97. The molecule has 1 aliphatic rings. The Balaban J connectivity index is 1.88. The lowest BCUT2D eigenvalue weighted by atomic mass is 9.92. The highest BCUT2D eigenvalue weighted by Gasteiger charge is 2.35. The Hall–Kier alpha value is -1.42. The third-order valence-electron chi connectivity index (χ3n) is 6.17. The molecule has 0 amide bonds. The first-order valence-electron chi connectivity index (χ1n) is 11.0. The van der Waals surface area contributed by atoms with Crippen LogP contribution < -0.4 is 9.62 Å². The molecule has 6 nitrogen and oxygen atoms in total. The number of rotatable bonds is 9. The zero-order valence-electron chi connectivity index (χ0n) is 19.0. The summed E-state index contributed by atoms with van der Waals surface area (Å²) >= 11 is 12.8. The topological polar surface area (TPSA) is 67.2 Å². The van der Waals surface area contributed by atoms with Gasteiger partial charge in [0.1, 0.15) is 4.90 Å². The maximum atomic E-state index is 13.5. The van der Waals surface area contributed by atoms with Gasteiger partial charge in [0.05, 0.1) is 33.7 Å². The Bertz CT molecular complexity index is 1060. The zero-order chi connectivity index (χ0) is 24.3. The summed E-state index contributed by atoms with van der Waals surface area (Å²) < 4.78 is 56.1. The van der Waals surface area contributed by atoms with E-state index in [0.29, 0.717) is 28.0 Å². The predicted molar refractivity (Wildman–Crippen MR) is 128 cm³/mol. The Morgan fingerprint density at radius 2 is 1.82 bits per heavy atom. The molecule has 11 heteroatoms. The summed E-state index contributed by atoms with van der Waals surface area (Å²) in [5.74, 6) is 0.686. The molecule has 0 bridgehead atoms. The van der Waals surface area contributed by atoms with Crippen LogP contribution in [-0.2, 0) is 23.5 Å². The molecule has 0 aliphatic carbocycles. The summed E-state index contributed by atoms with van der Waals surface area (Å²) in [5, 5.41) is 7.38. The van der Waals surface area contributed by atoms with Crippen LogP contribution in [0.25, 0.3) is 0 Å². The Morgan fingerprint density at radius 3 is 2.33 bits per heavy atom. The number of nitrogens with one attached hydrogen (secondary N) is 1. The van der Waals surface area contributed by atoms with Gasteiger partial charge in [0.25, 0.3) is 16.4 Å². The molecule has 3 rings (SSSR count). The zero-order valence-corrected chi connectivity index (χ0v) is 21.4. The summed E-state index contributed by atoms with van der Waals surface area (Å²) in [6.45, 7) is 4.25. The van der Waals surface area contributed by atoms with Crippen LogP contribution in [0, 0.1) is 19.8 Å². The van der Waals surface area contributed by atoms with Crippen LogP contribution in [0.1, 0.15) is 42.6 Å². The van der Waals surface area contributed by atoms with Crippen LogP contribution in [-0.4, -0.2) is 44.3 Å². The number of halogens is 4. The minimum Gasteiger partial charge on any atom is -0.317 e. The van der Waals surface area contributed by atoms with Gasteiger partial charge in [0.15, 0.2) is 0 Å². The van der Waals surface area contributed by atoms with E-state index in [2.05, 4.69) is 10.4 Å². The molecule has 1 N–H and O–H groups in total. The van der Waals surface area contributed by atoms with Gasteiger partial charge in [-0.3, -0.25) is 8.99 Å². The number of piperidine rings is 1. The molecular weight excluding hydrogens is 493 g/mol. The average molecular weight is 523 g/mol. The Morgan fingerprint density at radius 1 is 1.21 bits per heavy atom. The molecule has 0 spiro atoms. The molecule has 2 aromatic rings. The summed E-state index contributed by atoms with van der Waals surface area (Å²) in [7, 11) is -2.84. The largest absolute Gasteiger partial charge is 0.317 e. The second kappa shape index (κ2) is 10.9.